The van der Waals surface area contributed by atoms with Crippen molar-refractivity contribution in [2.75, 3.05) is 27.2 Å². The summed E-state index contributed by atoms with van der Waals surface area (Å²) in [5.41, 5.74) is 0.500. The molecular weight excluding hydrogens is 294 g/mol. The summed E-state index contributed by atoms with van der Waals surface area (Å²) in [6.45, 7) is 2.06. The molecule has 1 fully saturated rings. The minimum absolute atomic E-state index is 0.00315. The van der Waals surface area contributed by atoms with Crippen molar-refractivity contribution in [3.8, 4) is 0 Å². The molecule has 0 bridgehead atoms. The molecule has 1 unspecified atom stereocenters. The van der Waals surface area contributed by atoms with Gasteiger partial charge in [0.15, 0.2) is 0 Å². The van der Waals surface area contributed by atoms with Crippen LogP contribution in [0, 0.1) is 0 Å². The fourth-order valence-corrected chi connectivity index (χ4v) is 2.67. The molecule has 2 heterocycles. The molecule has 1 aliphatic heterocycles. The zero-order valence-electron chi connectivity index (χ0n) is 10.8. The van der Waals surface area contributed by atoms with Gasteiger partial charge in [0.25, 0.3) is 5.91 Å². The minimum atomic E-state index is -0.00315. The van der Waals surface area contributed by atoms with E-state index in [0.29, 0.717) is 10.3 Å². The van der Waals surface area contributed by atoms with Gasteiger partial charge in [0.2, 0.25) is 0 Å². The highest BCUT2D eigenvalue weighted by atomic mass is 79.9. The van der Waals surface area contributed by atoms with Crippen LogP contribution in [0.15, 0.2) is 22.8 Å². The van der Waals surface area contributed by atoms with E-state index in [-0.39, 0.29) is 11.9 Å². The molecule has 1 aromatic heterocycles. The van der Waals surface area contributed by atoms with Gasteiger partial charge in [0.05, 0.1) is 0 Å². The van der Waals surface area contributed by atoms with Crippen LogP contribution in [0.1, 0.15) is 23.3 Å². The lowest BCUT2D eigenvalue weighted by molar-refractivity contribution is 0.0638. The highest BCUT2D eigenvalue weighted by molar-refractivity contribution is 9.10. The van der Waals surface area contributed by atoms with Gasteiger partial charge in [-0.1, -0.05) is 6.07 Å². The molecular formula is C13H18BrN3O. The maximum absolute atomic E-state index is 12.3. The van der Waals surface area contributed by atoms with E-state index in [1.165, 1.54) is 0 Å². The highest BCUT2D eigenvalue weighted by Gasteiger charge is 2.25. The van der Waals surface area contributed by atoms with Gasteiger partial charge < -0.3 is 9.80 Å². The zero-order chi connectivity index (χ0) is 13.1. The predicted molar refractivity (Wildman–Crippen MR) is 74.5 cm³/mol. The quantitative estimate of drug-likeness (QED) is 0.784. The van der Waals surface area contributed by atoms with Crippen molar-refractivity contribution < 1.29 is 4.79 Å². The van der Waals surface area contributed by atoms with Crippen molar-refractivity contribution in [1.29, 1.82) is 0 Å². The summed E-state index contributed by atoms with van der Waals surface area (Å²) in [6.07, 6.45) is 2.21. The Balaban J connectivity index is 2.08. The van der Waals surface area contributed by atoms with Gasteiger partial charge in [0.1, 0.15) is 10.3 Å². The van der Waals surface area contributed by atoms with Crippen molar-refractivity contribution in [1.82, 2.24) is 14.8 Å². The summed E-state index contributed by atoms with van der Waals surface area (Å²) < 4.78 is 0.697. The van der Waals surface area contributed by atoms with E-state index in [2.05, 4.69) is 32.9 Å². The topological polar surface area (TPSA) is 36.4 Å². The molecule has 1 saturated heterocycles. The Hall–Kier alpha value is -0.940. The lowest BCUT2D eigenvalue weighted by atomic mass is 10.0. The van der Waals surface area contributed by atoms with E-state index < -0.39 is 0 Å². The van der Waals surface area contributed by atoms with Gasteiger partial charge in [-0.05, 0) is 54.5 Å². The van der Waals surface area contributed by atoms with E-state index in [4.69, 9.17) is 0 Å². The first-order valence-corrected chi connectivity index (χ1v) is 6.95. The van der Waals surface area contributed by atoms with Crippen LogP contribution in [0.25, 0.3) is 0 Å². The second-order valence-electron chi connectivity index (χ2n) is 4.82. The summed E-state index contributed by atoms with van der Waals surface area (Å²) in [6, 6.07) is 5.71. The van der Waals surface area contributed by atoms with Crippen molar-refractivity contribution in [3.05, 3.63) is 28.5 Å². The average molecular weight is 312 g/mol. The Labute approximate surface area is 116 Å². The summed E-state index contributed by atoms with van der Waals surface area (Å²) >= 11 is 3.30. The Morgan fingerprint density at radius 1 is 1.56 bits per heavy atom. The lowest BCUT2D eigenvalue weighted by Gasteiger charge is -2.35. The first kappa shape index (κ1) is 13.5. The zero-order valence-corrected chi connectivity index (χ0v) is 12.4. The number of pyridine rings is 1. The van der Waals surface area contributed by atoms with Crippen LogP contribution in [0.2, 0.25) is 0 Å². The van der Waals surface area contributed by atoms with E-state index in [1.807, 2.05) is 24.1 Å². The third-order valence-corrected chi connectivity index (χ3v) is 3.84. The van der Waals surface area contributed by atoms with E-state index in [9.17, 15) is 4.79 Å². The van der Waals surface area contributed by atoms with Crippen LogP contribution in [-0.2, 0) is 0 Å². The average Bonchev–Trinajstić information content (AvgIpc) is 2.37. The summed E-state index contributed by atoms with van der Waals surface area (Å²) in [4.78, 5) is 20.6. The number of amides is 1. The third kappa shape index (κ3) is 3.09. The summed E-state index contributed by atoms with van der Waals surface area (Å²) in [7, 11) is 3.97. The molecule has 0 radical (unpaired) electrons. The maximum Gasteiger partial charge on any atom is 0.272 e. The molecule has 0 saturated carbocycles. The number of likely N-dealkylation sites (N-methyl/N-ethyl adjacent to an activating group) is 2. The Morgan fingerprint density at radius 2 is 2.33 bits per heavy atom. The van der Waals surface area contributed by atoms with Gasteiger partial charge in [-0.3, -0.25) is 4.79 Å². The van der Waals surface area contributed by atoms with Gasteiger partial charge in [-0.25, -0.2) is 4.98 Å². The molecule has 1 aliphatic rings. The largest absolute Gasteiger partial charge is 0.336 e. The second kappa shape index (κ2) is 5.80. The number of hydrogen-bond donors (Lipinski definition) is 0. The minimum Gasteiger partial charge on any atom is -0.336 e. The molecule has 18 heavy (non-hydrogen) atoms. The molecule has 2 rings (SSSR count). The molecule has 0 N–H and O–H groups in total. The number of aromatic nitrogens is 1. The van der Waals surface area contributed by atoms with Crippen molar-refractivity contribution >= 4 is 21.8 Å². The molecule has 0 aliphatic carbocycles. The summed E-state index contributed by atoms with van der Waals surface area (Å²) in [5, 5.41) is 0. The van der Waals surface area contributed by atoms with Gasteiger partial charge in [-0.15, -0.1) is 0 Å². The predicted octanol–water partition coefficient (Wildman–Crippen LogP) is 2.01. The van der Waals surface area contributed by atoms with E-state index >= 15 is 0 Å². The van der Waals surface area contributed by atoms with Crippen molar-refractivity contribution in [2.45, 2.75) is 18.9 Å². The maximum atomic E-state index is 12.3. The van der Waals surface area contributed by atoms with Gasteiger partial charge in [0, 0.05) is 19.6 Å². The summed E-state index contributed by atoms with van der Waals surface area (Å²) in [5.74, 6) is -0.00315. The SMILES string of the molecule is CN1CCCC(N(C)C(=O)c2cccc(Br)n2)C1. The molecule has 1 aromatic rings. The normalized spacial score (nSPS) is 20.7. The number of halogens is 1. The van der Waals surface area contributed by atoms with Crippen LogP contribution in [-0.4, -0.2) is 53.9 Å². The molecule has 4 nitrogen and oxygen atoms in total. The Bertz CT molecular complexity index is 438. The fraction of sp³-hybridized carbons (Fsp3) is 0.538. The molecule has 98 valence electrons. The number of nitrogens with zero attached hydrogens (tertiary/aromatic N) is 3. The van der Waals surface area contributed by atoms with E-state index in [0.717, 1.165) is 25.9 Å². The standard InChI is InChI=1S/C13H18BrN3O/c1-16-8-4-5-10(9-16)17(2)13(18)11-6-3-7-12(14)15-11/h3,6-7,10H,4-5,8-9H2,1-2H3. The first-order valence-electron chi connectivity index (χ1n) is 6.16. The Morgan fingerprint density at radius 3 is 3.00 bits per heavy atom. The number of likely N-dealkylation sites (tertiary alicyclic amines) is 1. The smallest absolute Gasteiger partial charge is 0.272 e. The van der Waals surface area contributed by atoms with Crippen LogP contribution in [0.3, 0.4) is 0 Å². The van der Waals surface area contributed by atoms with Crippen molar-refractivity contribution in [2.24, 2.45) is 0 Å². The lowest BCUT2D eigenvalue weighted by Crippen LogP contribution is -2.47. The van der Waals surface area contributed by atoms with Crippen LogP contribution >= 0.6 is 15.9 Å². The molecule has 0 spiro atoms. The first-order chi connectivity index (χ1) is 8.58. The molecule has 1 atom stereocenters. The number of piperidine rings is 1. The number of rotatable bonds is 2. The number of carbonyl (C=O) groups is 1. The van der Waals surface area contributed by atoms with Crippen LogP contribution in [0.5, 0.6) is 0 Å². The second-order valence-corrected chi connectivity index (χ2v) is 5.63. The molecule has 5 heteroatoms. The van der Waals surface area contributed by atoms with Gasteiger partial charge >= 0.3 is 0 Å². The number of carbonyl (C=O) groups excluding carboxylic acids is 1. The third-order valence-electron chi connectivity index (χ3n) is 3.40. The molecule has 1 amide bonds. The highest BCUT2D eigenvalue weighted by Crippen LogP contribution is 2.16. The Kier molecular flexibility index (Phi) is 4.35. The monoisotopic (exact) mass is 311 g/mol. The van der Waals surface area contributed by atoms with E-state index in [1.54, 1.807) is 6.07 Å². The molecule has 0 aromatic carbocycles. The van der Waals surface area contributed by atoms with Crippen LogP contribution in [0.4, 0.5) is 0 Å². The number of hydrogen-bond acceptors (Lipinski definition) is 3. The fourth-order valence-electron chi connectivity index (χ4n) is 2.33. The van der Waals surface area contributed by atoms with Gasteiger partial charge in [-0.2, -0.15) is 0 Å². The van der Waals surface area contributed by atoms with Crippen LogP contribution < -0.4 is 0 Å². The van der Waals surface area contributed by atoms with Crippen molar-refractivity contribution in [3.63, 3.8) is 0 Å².